The van der Waals surface area contributed by atoms with E-state index in [0.29, 0.717) is 16.5 Å². The van der Waals surface area contributed by atoms with Gasteiger partial charge in [0, 0.05) is 18.0 Å². The monoisotopic (exact) mass is 368 g/mol. The van der Waals surface area contributed by atoms with E-state index in [1.165, 1.54) is 19.2 Å². The van der Waals surface area contributed by atoms with Crippen LogP contribution in [0.15, 0.2) is 53.4 Å². The van der Waals surface area contributed by atoms with Crippen LogP contribution in [0.4, 0.5) is 5.69 Å². The Labute approximate surface area is 145 Å². The van der Waals surface area contributed by atoms with Crippen molar-refractivity contribution in [3.63, 3.8) is 0 Å². The number of nitrogens with one attached hydrogen (secondary N) is 2. The van der Waals surface area contributed by atoms with Gasteiger partial charge in [-0.1, -0.05) is 29.8 Å². The van der Waals surface area contributed by atoms with Crippen LogP contribution < -0.4 is 14.8 Å². The van der Waals surface area contributed by atoms with Crippen molar-refractivity contribution in [2.24, 2.45) is 0 Å². The van der Waals surface area contributed by atoms with Gasteiger partial charge in [-0.3, -0.25) is 4.79 Å². The third-order valence-electron chi connectivity index (χ3n) is 3.13. The summed E-state index contributed by atoms with van der Waals surface area (Å²) in [5.74, 6) is 0.115. The fourth-order valence-corrected chi connectivity index (χ4v) is 3.20. The largest absolute Gasteiger partial charge is 0.495 e. The van der Waals surface area contributed by atoms with Gasteiger partial charge in [0.05, 0.1) is 17.7 Å². The first-order valence-corrected chi connectivity index (χ1v) is 8.96. The van der Waals surface area contributed by atoms with Gasteiger partial charge in [0.25, 0.3) is 0 Å². The Kier molecular flexibility index (Phi) is 6.19. The minimum Gasteiger partial charge on any atom is -0.495 e. The summed E-state index contributed by atoms with van der Waals surface area (Å²) in [7, 11) is -2.15. The summed E-state index contributed by atoms with van der Waals surface area (Å²) in [5, 5.41) is 3.10. The lowest BCUT2D eigenvalue weighted by molar-refractivity contribution is -0.116. The highest BCUT2D eigenvalue weighted by Gasteiger charge is 2.14. The summed E-state index contributed by atoms with van der Waals surface area (Å²) in [5.41, 5.74) is 0.431. The van der Waals surface area contributed by atoms with Crippen molar-refractivity contribution in [2.45, 2.75) is 11.3 Å². The van der Waals surface area contributed by atoms with Crippen LogP contribution in [-0.2, 0) is 14.8 Å². The summed E-state index contributed by atoms with van der Waals surface area (Å²) in [6.45, 7) is -0.0219. The minimum absolute atomic E-state index is 0.0219. The Hall–Kier alpha value is -2.09. The maximum Gasteiger partial charge on any atom is 0.240 e. The maximum absolute atomic E-state index is 12.0. The highest BCUT2D eigenvalue weighted by molar-refractivity contribution is 7.89. The van der Waals surface area contributed by atoms with E-state index in [-0.39, 0.29) is 23.8 Å². The molecule has 2 rings (SSSR count). The van der Waals surface area contributed by atoms with Gasteiger partial charge >= 0.3 is 0 Å². The van der Waals surface area contributed by atoms with E-state index in [1.807, 2.05) is 0 Å². The van der Waals surface area contributed by atoms with Crippen molar-refractivity contribution < 1.29 is 17.9 Å². The van der Waals surface area contributed by atoms with E-state index in [4.69, 9.17) is 16.3 Å². The second-order valence-corrected chi connectivity index (χ2v) is 7.06. The number of carbonyl (C=O) groups is 1. The second-order valence-electron chi connectivity index (χ2n) is 4.85. The summed E-state index contributed by atoms with van der Waals surface area (Å²) < 4.78 is 31.6. The Morgan fingerprint density at radius 1 is 1.17 bits per heavy atom. The number of methoxy groups -OCH3 is 1. The molecule has 128 valence electrons. The lowest BCUT2D eigenvalue weighted by atomic mass is 10.2. The highest BCUT2D eigenvalue weighted by Crippen LogP contribution is 2.27. The molecule has 0 aliphatic carbocycles. The summed E-state index contributed by atoms with van der Waals surface area (Å²) in [6.07, 6.45) is -0.0261. The van der Waals surface area contributed by atoms with Crippen molar-refractivity contribution in [3.8, 4) is 5.75 Å². The first kappa shape index (κ1) is 18.3. The fraction of sp³-hybridized carbons (Fsp3) is 0.188. The molecule has 2 N–H and O–H groups in total. The van der Waals surface area contributed by atoms with Crippen LogP contribution in [0.2, 0.25) is 5.02 Å². The molecule has 0 heterocycles. The number of ether oxygens (including phenoxy) is 1. The lowest BCUT2D eigenvalue weighted by Gasteiger charge is -2.11. The lowest BCUT2D eigenvalue weighted by Crippen LogP contribution is -2.27. The summed E-state index contributed by atoms with van der Waals surface area (Å²) in [4.78, 5) is 12.1. The second kappa shape index (κ2) is 8.14. The molecule has 0 fully saturated rings. The third-order valence-corrected chi connectivity index (χ3v) is 4.85. The molecule has 8 heteroatoms. The molecule has 0 saturated carbocycles. The molecule has 0 bridgehead atoms. The van der Waals surface area contributed by atoms with Gasteiger partial charge in [-0.2, -0.15) is 0 Å². The standard InChI is InChI=1S/C16H17ClN2O4S/c1-23-15-8-7-12(17)11-14(15)19-16(20)9-10-18-24(21,22)13-5-3-2-4-6-13/h2-8,11,18H,9-10H2,1H3,(H,19,20). The molecule has 24 heavy (non-hydrogen) atoms. The third kappa shape index (κ3) is 4.95. The fourth-order valence-electron chi connectivity index (χ4n) is 1.97. The zero-order valence-corrected chi connectivity index (χ0v) is 14.5. The Balaban J connectivity index is 1.91. The van der Waals surface area contributed by atoms with E-state index in [9.17, 15) is 13.2 Å². The molecule has 2 aromatic carbocycles. The molecule has 0 radical (unpaired) electrons. The Morgan fingerprint density at radius 3 is 2.54 bits per heavy atom. The predicted molar refractivity (Wildman–Crippen MR) is 92.9 cm³/mol. The molecular weight excluding hydrogens is 352 g/mol. The average molecular weight is 369 g/mol. The molecule has 0 aliphatic rings. The number of halogens is 1. The van der Waals surface area contributed by atoms with Crippen molar-refractivity contribution in [1.29, 1.82) is 0 Å². The molecule has 0 aliphatic heterocycles. The molecule has 0 aromatic heterocycles. The van der Waals surface area contributed by atoms with E-state index < -0.39 is 10.0 Å². The van der Waals surface area contributed by atoms with Gasteiger partial charge in [-0.25, -0.2) is 13.1 Å². The smallest absolute Gasteiger partial charge is 0.240 e. The van der Waals surface area contributed by atoms with Gasteiger partial charge in [0.1, 0.15) is 5.75 Å². The van der Waals surface area contributed by atoms with E-state index >= 15 is 0 Å². The topological polar surface area (TPSA) is 84.5 Å². The van der Waals surface area contributed by atoms with Gasteiger partial charge in [-0.15, -0.1) is 0 Å². The number of sulfonamides is 1. The molecular formula is C16H17ClN2O4S. The van der Waals surface area contributed by atoms with Crippen molar-refractivity contribution in [1.82, 2.24) is 4.72 Å². The van der Waals surface area contributed by atoms with Crippen LogP contribution in [0.25, 0.3) is 0 Å². The molecule has 1 amide bonds. The number of carbonyl (C=O) groups excluding carboxylic acids is 1. The normalized spacial score (nSPS) is 11.1. The van der Waals surface area contributed by atoms with Gasteiger partial charge in [0.2, 0.25) is 15.9 Å². The first-order chi connectivity index (χ1) is 11.4. The van der Waals surface area contributed by atoms with Crippen molar-refractivity contribution in [3.05, 3.63) is 53.6 Å². The van der Waals surface area contributed by atoms with Crippen LogP contribution in [0, 0.1) is 0 Å². The number of rotatable bonds is 7. The number of benzene rings is 2. The first-order valence-electron chi connectivity index (χ1n) is 7.10. The van der Waals surface area contributed by atoms with Gasteiger partial charge in [-0.05, 0) is 30.3 Å². The van der Waals surface area contributed by atoms with E-state index in [0.717, 1.165) is 0 Å². The number of hydrogen-bond acceptors (Lipinski definition) is 4. The Bertz CT molecular complexity index is 810. The predicted octanol–water partition coefficient (Wildman–Crippen LogP) is 2.66. The van der Waals surface area contributed by atoms with Crippen LogP contribution in [0.5, 0.6) is 5.75 Å². The zero-order chi connectivity index (χ0) is 17.6. The summed E-state index contributed by atoms with van der Waals surface area (Å²) >= 11 is 5.89. The van der Waals surface area contributed by atoms with Crippen LogP contribution in [0.1, 0.15) is 6.42 Å². The van der Waals surface area contributed by atoms with Crippen LogP contribution >= 0.6 is 11.6 Å². The Morgan fingerprint density at radius 2 is 1.88 bits per heavy atom. The maximum atomic E-state index is 12.0. The van der Waals surface area contributed by atoms with Crippen LogP contribution in [-0.4, -0.2) is 28.0 Å². The summed E-state index contributed by atoms with van der Waals surface area (Å²) in [6, 6.07) is 12.8. The quantitative estimate of drug-likeness (QED) is 0.786. The molecule has 2 aromatic rings. The number of hydrogen-bond donors (Lipinski definition) is 2. The molecule has 0 atom stereocenters. The molecule has 0 unspecified atom stereocenters. The highest BCUT2D eigenvalue weighted by atomic mass is 35.5. The minimum atomic E-state index is -3.62. The van der Waals surface area contributed by atoms with Gasteiger partial charge < -0.3 is 10.1 Å². The number of anilines is 1. The van der Waals surface area contributed by atoms with E-state index in [2.05, 4.69) is 10.0 Å². The molecule has 0 spiro atoms. The number of amides is 1. The van der Waals surface area contributed by atoms with E-state index in [1.54, 1.807) is 36.4 Å². The van der Waals surface area contributed by atoms with Crippen LogP contribution in [0.3, 0.4) is 0 Å². The average Bonchev–Trinajstić information content (AvgIpc) is 2.56. The zero-order valence-electron chi connectivity index (χ0n) is 13.0. The van der Waals surface area contributed by atoms with Crippen molar-refractivity contribution in [2.75, 3.05) is 19.0 Å². The van der Waals surface area contributed by atoms with Gasteiger partial charge in [0.15, 0.2) is 0 Å². The van der Waals surface area contributed by atoms with Crippen molar-refractivity contribution >= 4 is 33.2 Å². The molecule has 0 saturated heterocycles. The SMILES string of the molecule is COc1ccc(Cl)cc1NC(=O)CCNS(=O)(=O)c1ccccc1. The molecule has 6 nitrogen and oxygen atoms in total.